The topological polar surface area (TPSA) is 69.6 Å². The minimum atomic E-state index is -3.65. The molecule has 1 atom stereocenters. The second-order valence-electron chi connectivity index (χ2n) is 5.66. The minimum absolute atomic E-state index is 0.151. The number of nitrogens with one attached hydrogen (secondary N) is 1. The van der Waals surface area contributed by atoms with E-state index < -0.39 is 10.0 Å². The maximum atomic E-state index is 12.6. The summed E-state index contributed by atoms with van der Waals surface area (Å²) >= 11 is 3.26. The highest BCUT2D eigenvalue weighted by Gasteiger charge is 2.25. The number of benzene rings is 1. The number of rotatable bonds is 7. The lowest BCUT2D eigenvalue weighted by molar-refractivity contribution is 0.281. The van der Waals surface area contributed by atoms with E-state index in [-0.39, 0.29) is 23.5 Å². The van der Waals surface area contributed by atoms with Gasteiger partial charge in [-0.25, -0.2) is 13.1 Å². The summed E-state index contributed by atoms with van der Waals surface area (Å²) in [7, 11) is 0.169. The van der Waals surface area contributed by atoms with Crippen molar-refractivity contribution in [1.29, 1.82) is 0 Å². The number of likely N-dealkylation sites (N-methyl/N-ethyl adjacent to an activating group) is 1. The molecule has 2 N–H and O–H groups in total. The van der Waals surface area contributed by atoms with Crippen LogP contribution in [-0.2, 0) is 16.6 Å². The second kappa shape index (κ2) is 7.69. The first-order valence-electron chi connectivity index (χ1n) is 6.73. The molecule has 1 unspecified atom stereocenters. The van der Waals surface area contributed by atoms with Crippen LogP contribution in [0.3, 0.4) is 0 Å². The maximum Gasteiger partial charge on any atom is 0.242 e. The highest BCUT2D eigenvalue weighted by Crippen LogP contribution is 2.24. The monoisotopic (exact) mass is 378 g/mol. The summed E-state index contributed by atoms with van der Waals surface area (Å²) in [6.45, 7) is 4.39. The summed E-state index contributed by atoms with van der Waals surface area (Å²) in [6.07, 6.45) is 0. The Morgan fingerprint density at radius 1 is 1.33 bits per heavy atom. The van der Waals surface area contributed by atoms with Crippen molar-refractivity contribution < 1.29 is 13.5 Å². The Morgan fingerprint density at radius 2 is 1.95 bits per heavy atom. The third kappa shape index (κ3) is 5.34. The summed E-state index contributed by atoms with van der Waals surface area (Å²) in [5.74, 6) is 0.168. The van der Waals surface area contributed by atoms with Crippen molar-refractivity contribution in [3.05, 3.63) is 28.2 Å². The summed E-state index contributed by atoms with van der Waals surface area (Å²) in [4.78, 5) is 2.10. The van der Waals surface area contributed by atoms with Crippen molar-refractivity contribution in [2.24, 2.45) is 5.92 Å². The molecule has 120 valence electrons. The standard InChI is InChI=1S/C14H23BrN2O3S/c1-10(2)13(8-17(3)4)16-21(19,20)14-7-11(9-18)5-6-12(14)15/h5-7,10,13,16,18H,8-9H2,1-4H3. The fourth-order valence-electron chi connectivity index (χ4n) is 1.89. The normalized spacial score (nSPS) is 13.9. The van der Waals surface area contributed by atoms with Crippen LogP contribution in [0.25, 0.3) is 0 Å². The lowest BCUT2D eigenvalue weighted by atomic mass is 10.1. The molecule has 0 amide bonds. The van der Waals surface area contributed by atoms with E-state index in [0.29, 0.717) is 16.6 Å². The van der Waals surface area contributed by atoms with Crippen LogP contribution in [0.2, 0.25) is 0 Å². The van der Waals surface area contributed by atoms with Crippen LogP contribution in [0.15, 0.2) is 27.6 Å². The summed E-state index contributed by atoms with van der Waals surface area (Å²) in [5.41, 5.74) is 0.562. The molecule has 1 aromatic rings. The number of nitrogens with zero attached hydrogens (tertiary/aromatic N) is 1. The van der Waals surface area contributed by atoms with Crippen molar-refractivity contribution in [2.45, 2.75) is 31.4 Å². The fourth-order valence-corrected chi connectivity index (χ4v) is 4.28. The molecule has 0 fully saturated rings. The molecule has 0 aliphatic heterocycles. The van der Waals surface area contributed by atoms with Crippen LogP contribution in [0.5, 0.6) is 0 Å². The van der Waals surface area contributed by atoms with E-state index in [0.717, 1.165) is 0 Å². The van der Waals surface area contributed by atoms with E-state index in [2.05, 4.69) is 20.7 Å². The molecule has 0 radical (unpaired) electrons. The molecule has 0 spiro atoms. The van der Waals surface area contributed by atoms with Crippen molar-refractivity contribution in [1.82, 2.24) is 9.62 Å². The maximum absolute atomic E-state index is 12.6. The molecule has 0 aliphatic carbocycles. The van der Waals surface area contributed by atoms with Gasteiger partial charge in [-0.05, 0) is 53.6 Å². The minimum Gasteiger partial charge on any atom is -0.392 e. The molecule has 0 aromatic heterocycles. The molecule has 0 heterocycles. The molecule has 0 saturated heterocycles. The molecule has 5 nitrogen and oxygen atoms in total. The van der Waals surface area contributed by atoms with Gasteiger partial charge in [0.25, 0.3) is 0 Å². The highest BCUT2D eigenvalue weighted by molar-refractivity contribution is 9.10. The van der Waals surface area contributed by atoms with Crippen LogP contribution in [0.1, 0.15) is 19.4 Å². The molecular formula is C14H23BrN2O3S. The number of aliphatic hydroxyl groups excluding tert-OH is 1. The van der Waals surface area contributed by atoms with Gasteiger partial charge in [0, 0.05) is 17.1 Å². The molecule has 21 heavy (non-hydrogen) atoms. The summed E-state index contributed by atoms with van der Waals surface area (Å²) in [5, 5.41) is 9.17. The lowest BCUT2D eigenvalue weighted by Gasteiger charge is -2.25. The SMILES string of the molecule is CC(C)C(CN(C)C)NS(=O)(=O)c1cc(CO)ccc1Br. The average molecular weight is 379 g/mol. The largest absolute Gasteiger partial charge is 0.392 e. The van der Waals surface area contributed by atoms with E-state index in [1.807, 2.05) is 32.8 Å². The van der Waals surface area contributed by atoms with Gasteiger partial charge in [0.05, 0.1) is 11.5 Å². The van der Waals surface area contributed by atoms with Crippen LogP contribution < -0.4 is 4.72 Å². The number of sulfonamides is 1. The molecule has 0 bridgehead atoms. The van der Waals surface area contributed by atoms with Crippen molar-refractivity contribution in [3.63, 3.8) is 0 Å². The van der Waals surface area contributed by atoms with Crippen molar-refractivity contribution in [2.75, 3.05) is 20.6 Å². The fraction of sp³-hybridized carbons (Fsp3) is 0.571. The van der Waals surface area contributed by atoms with Crippen LogP contribution >= 0.6 is 15.9 Å². The smallest absolute Gasteiger partial charge is 0.242 e. The van der Waals surface area contributed by atoms with E-state index in [1.54, 1.807) is 12.1 Å². The van der Waals surface area contributed by atoms with Crippen LogP contribution in [0, 0.1) is 5.92 Å². The number of halogens is 1. The van der Waals surface area contributed by atoms with Gasteiger partial charge in [-0.3, -0.25) is 0 Å². The average Bonchev–Trinajstić information content (AvgIpc) is 2.37. The van der Waals surface area contributed by atoms with Gasteiger partial charge in [-0.2, -0.15) is 0 Å². The van der Waals surface area contributed by atoms with Gasteiger partial charge in [0.1, 0.15) is 0 Å². The zero-order valence-electron chi connectivity index (χ0n) is 12.8. The third-order valence-electron chi connectivity index (χ3n) is 3.14. The van der Waals surface area contributed by atoms with Crippen molar-refractivity contribution in [3.8, 4) is 0 Å². The van der Waals surface area contributed by atoms with Crippen LogP contribution in [0.4, 0.5) is 0 Å². The number of hydrogen-bond donors (Lipinski definition) is 2. The summed E-state index contributed by atoms with van der Waals surface area (Å²) in [6, 6.07) is 4.62. The van der Waals surface area contributed by atoms with Gasteiger partial charge in [-0.15, -0.1) is 0 Å². The first-order valence-corrected chi connectivity index (χ1v) is 9.01. The lowest BCUT2D eigenvalue weighted by Crippen LogP contribution is -2.44. The highest BCUT2D eigenvalue weighted by atomic mass is 79.9. The first-order chi connectivity index (χ1) is 9.67. The van der Waals surface area contributed by atoms with E-state index in [4.69, 9.17) is 0 Å². The Kier molecular flexibility index (Phi) is 6.80. The predicted molar refractivity (Wildman–Crippen MR) is 87.6 cm³/mol. The van der Waals surface area contributed by atoms with Gasteiger partial charge in [-0.1, -0.05) is 19.9 Å². The number of hydrogen-bond acceptors (Lipinski definition) is 4. The Balaban J connectivity index is 3.10. The predicted octanol–water partition coefficient (Wildman–Crippen LogP) is 1.81. The van der Waals surface area contributed by atoms with E-state index in [1.165, 1.54) is 6.07 Å². The Hall–Kier alpha value is -0.470. The molecule has 0 saturated carbocycles. The molecule has 7 heteroatoms. The Bertz CT molecular complexity index is 574. The van der Waals surface area contributed by atoms with Gasteiger partial charge >= 0.3 is 0 Å². The quantitative estimate of drug-likeness (QED) is 0.758. The summed E-state index contributed by atoms with van der Waals surface area (Å²) < 4.78 is 28.4. The van der Waals surface area contributed by atoms with Crippen molar-refractivity contribution >= 4 is 26.0 Å². The van der Waals surface area contributed by atoms with E-state index >= 15 is 0 Å². The Labute approximate surface area is 135 Å². The van der Waals surface area contributed by atoms with Crippen LogP contribution in [-0.4, -0.2) is 45.1 Å². The molecule has 1 aromatic carbocycles. The molecule has 0 aliphatic rings. The zero-order valence-corrected chi connectivity index (χ0v) is 15.2. The third-order valence-corrected chi connectivity index (χ3v) is 5.62. The van der Waals surface area contributed by atoms with Gasteiger partial charge in [0.15, 0.2) is 0 Å². The Morgan fingerprint density at radius 3 is 2.43 bits per heavy atom. The zero-order chi connectivity index (χ0) is 16.2. The van der Waals surface area contributed by atoms with Gasteiger partial charge < -0.3 is 10.0 Å². The molecule has 1 rings (SSSR count). The van der Waals surface area contributed by atoms with E-state index in [9.17, 15) is 13.5 Å². The first kappa shape index (κ1) is 18.6. The molecular weight excluding hydrogens is 356 g/mol. The number of aliphatic hydroxyl groups is 1. The second-order valence-corrected chi connectivity index (χ2v) is 8.19. The van der Waals surface area contributed by atoms with Gasteiger partial charge in [0.2, 0.25) is 10.0 Å².